The molecule has 0 aliphatic rings. The summed E-state index contributed by atoms with van der Waals surface area (Å²) >= 11 is 0. The molecule has 0 saturated heterocycles. The lowest BCUT2D eigenvalue weighted by atomic mass is 10.1. The first kappa shape index (κ1) is 18.0. The molecular formula is C21H19NO3S. The zero-order chi connectivity index (χ0) is 18.7. The Morgan fingerprint density at radius 3 is 2.15 bits per heavy atom. The van der Waals surface area contributed by atoms with Crippen molar-refractivity contribution in [2.24, 2.45) is 7.05 Å². The van der Waals surface area contributed by atoms with Crippen LogP contribution in [0.5, 0.6) is 0 Å². The number of fused-ring (bicyclic) bond motifs is 2. The number of aryl methyl sites for hydroxylation is 2. The predicted octanol–water partition coefficient (Wildman–Crippen LogP) is 3.72. The Labute approximate surface area is 153 Å². The van der Waals surface area contributed by atoms with E-state index in [2.05, 4.69) is 55.1 Å². The van der Waals surface area contributed by atoms with Gasteiger partial charge in [-0.3, -0.25) is 0 Å². The highest BCUT2D eigenvalue weighted by Gasteiger charge is 2.06. The van der Waals surface area contributed by atoms with Crippen molar-refractivity contribution in [3.63, 3.8) is 0 Å². The molecule has 132 valence electrons. The molecule has 0 saturated carbocycles. The molecule has 0 aliphatic carbocycles. The Kier molecular flexibility index (Phi) is 5.02. The quantitative estimate of drug-likeness (QED) is 0.381. The fraction of sp³-hybridized carbons (Fsp3) is 0.0952. The highest BCUT2D eigenvalue weighted by Crippen LogP contribution is 2.22. The summed E-state index contributed by atoms with van der Waals surface area (Å²) in [5.74, 6) is 0. The normalized spacial score (nSPS) is 11.2. The Hall–Kier alpha value is -2.76. The monoisotopic (exact) mass is 365 g/mol. The van der Waals surface area contributed by atoms with Crippen molar-refractivity contribution in [3.05, 3.63) is 84.6 Å². The van der Waals surface area contributed by atoms with Gasteiger partial charge in [0.15, 0.2) is 6.20 Å². The van der Waals surface area contributed by atoms with Crippen LogP contribution in [0.3, 0.4) is 0 Å². The minimum atomic E-state index is -4.38. The van der Waals surface area contributed by atoms with Crippen molar-refractivity contribution in [3.8, 4) is 0 Å². The summed E-state index contributed by atoms with van der Waals surface area (Å²) in [6.45, 7) is 2.14. The van der Waals surface area contributed by atoms with Crippen LogP contribution in [0.1, 0.15) is 5.56 Å². The first-order valence-corrected chi connectivity index (χ1v) is 9.56. The van der Waals surface area contributed by atoms with Crippen molar-refractivity contribution >= 4 is 31.8 Å². The number of benzene rings is 3. The summed E-state index contributed by atoms with van der Waals surface area (Å²) in [5.41, 5.74) is 2.65. The highest BCUT2D eigenvalue weighted by atomic mass is 32.2. The van der Waals surface area contributed by atoms with E-state index < -0.39 is 10.1 Å². The van der Waals surface area contributed by atoms with Crippen LogP contribution in [0.2, 0.25) is 0 Å². The van der Waals surface area contributed by atoms with E-state index in [0.29, 0.717) is 5.39 Å². The number of hydrogen-bond donors (Lipinski definition) is 0. The van der Waals surface area contributed by atoms with Gasteiger partial charge in [-0.25, -0.2) is 13.0 Å². The van der Waals surface area contributed by atoms with Gasteiger partial charge in [0.1, 0.15) is 17.2 Å². The van der Waals surface area contributed by atoms with E-state index >= 15 is 0 Å². The third-order valence-corrected chi connectivity index (χ3v) is 5.12. The zero-order valence-electron chi connectivity index (χ0n) is 14.6. The van der Waals surface area contributed by atoms with Gasteiger partial charge in [0, 0.05) is 17.0 Å². The predicted molar refractivity (Wildman–Crippen MR) is 102 cm³/mol. The maximum atomic E-state index is 10.9. The van der Waals surface area contributed by atoms with Crippen LogP contribution in [0.4, 0.5) is 0 Å². The second kappa shape index (κ2) is 7.23. The molecule has 0 radical (unpaired) electrons. The first-order valence-electron chi connectivity index (χ1n) is 8.15. The molecule has 0 bridgehead atoms. The van der Waals surface area contributed by atoms with Gasteiger partial charge in [-0.1, -0.05) is 48.5 Å². The van der Waals surface area contributed by atoms with E-state index in [1.54, 1.807) is 36.4 Å². The second-order valence-electron chi connectivity index (χ2n) is 6.06. The summed E-state index contributed by atoms with van der Waals surface area (Å²) in [6.07, 6.45) is 2.08. The molecule has 0 spiro atoms. The Bertz CT molecular complexity index is 1140. The fourth-order valence-electron chi connectivity index (χ4n) is 3.06. The van der Waals surface area contributed by atoms with E-state index in [0.717, 1.165) is 5.39 Å². The lowest BCUT2D eigenvalue weighted by molar-refractivity contribution is -0.645. The molecule has 1 aromatic heterocycles. The number of aromatic nitrogens is 1. The van der Waals surface area contributed by atoms with Gasteiger partial charge in [0.2, 0.25) is 5.52 Å². The number of pyridine rings is 1. The molecule has 26 heavy (non-hydrogen) atoms. The number of hydrogen-bond acceptors (Lipinski definition) is 3. The van der Waals surface area contributed by atoms with Crippen molar-refractivity contribution in [1.29, 1.82) is 0 Å². The van der Waals surface area contributed by atoms with Gasteiger partial charge >= 0.3 is 0 Å². The SMILES string of the molecule is Cc1cccc2ccc[n+](C)c12.O=S(=O)([O-])c1cccc2ccccc12. The summed E-state index contributed by atoms with van der Waals surface area (Å²) < 4.78 is 34.8. The van der Waals surface area contributed by atoms with E-state index in [9.17, 15) is 13.0 Å². The van der Waals surface area contributed by atoms with Crippen LogP contribution in [-0.2, 0) is 17.2 Å². The molecule has 4 rings (SSSR count). The van der Waals surface area contributed by atoms with Gasteiger partial charge in [-0.15, -0.1) is 0 Å². The average molecular weight is 365 g/mol. The van der Waals surface area contributed by atoms with Crippen LogP contribution < -0.4 is 4.57 Å². The molecule has 0 atom stereocenters. The number of nitrogens with zero attached hydrogens (tertiary/aromatic N) is 1. The lowest BCUT2D eigenvalue weighted by Gasteiger charge is -2.09. The second-order valence-corrected chi connectivity index (χ2v) is 7.41. The lowest BCUT2D eigenvalue weighted by Crippen LogP contribution is -2.28. The van der Waals surface area contributed by atoms with Gasteiger partial charge < -0.3 is 4.55 Å². The molecule has 0 N–H and O–H groups in total. The summed E-state index contributed by atoms with van der Waals surface area (Å²) in [7, 11) is -2.30. The number of rotatable bonds is 1. The van der Waals surface area contributed by atoms with Crippen molar-refractivity contribution in [2.45, 2.75) is 11.8 Å². The molecule has 5 heteroatoms. The number of para-hydroxylation sites is 1. The molecule has 1 heterocycles. The van der Waals surface area contributed by atoms with Gasteiger partial charge in [0.05, 0.1) is 4.90 Å². The van der Waals surface area contributed by atoms with E-state index in [-0.39, 0.29) is 4.90 Å². The van der Waals surface area contributed by atoms with Crippen LogP contribution in [0.25, 0.3) is 21.7 Å². The van der Waals surface area contributed by atoms with Crippen LogP contribution in [0, 0.1) is 6.92 Å². The molecule has 0 amide bonds. The summed E-state index contributed by atoms with van der Waals surface area (Å²) in [6, 6.07) is 22.1. The molecular weight excluding hydrogens is 346 g/mol. The van der Waals surface area contributed by atoms with Gasteiger partial charge in [0.25, 0.3) is 0 Å². The fourth-order valence-corrected chi connectivity index (χ4v) is 3.76. The van der Waals surface area contributed by atoms with E-state index in [1.165, 1.54) is 22.5 Å². The smallest absolute Gasteiger partial charge is 0.215 e. The molecule has 3 aromatic carbocycles. The molecule has 4 nitrogen and oxygen atoms in total. The van der Waals surface area contributed by atoms with Gasteiger partial charge in [-0.05, 0) is 35.9 Å². The standard InChI is InChI=1S/C11H12N.C10H8O3S/c1-9-5-3-6-10-7-4-8-12(2)11(9)10;11-14(12,13)10-7-3-5-8-4-1-2-6-9(8)10/h3-8H,1-2H3;1-7H,(H,11,12,13)/q+1;/p-1. The third kappa shape index (κ3) is 3.74. The molecule has 0 unspecified atom stereocenters. The van der Waals surface area contributed by atoms with Crippen molar-refractivity contribution in [2.75, 3.05) is 0 Å². The zero-order valence-corrected chi connectivity index (χ0v) is 15.4. The summed E-state index contributed by atoms with van der Waals surface area (Å²) in [4.78, 5) is -0.157. The van der Waals surface area contributed by atoms with Crippen molar-refractivity contribution < 1.29 is 17.5 Å². The topological polar surface area (TPSA) is 61.1 Å². The van der Waals surface area contributed by atoms with E-state index in [1.807, 2.05) is 0 Å². The maximum absolute atomic E-state index is 10.9. The third-order valence-electron chi connectivity index (χ3n) is 4.23. The van der Waals surface area contributed by atoms with E-state index in [4.69, 9.17) is 0 Å². The van der Waals surface area contributed by atoms with Gasteiger partial charge in [-0.2, -0.15) is 0 Å². The average Bonchev–Trinajstić information content (AvgIpc) is 2.61. The highest BCUT2D eigenvalue weighted by molar-refractivity contribution is 7.86. The largest absolute Gasteiger partial charge is 0.744 e. The molecule has 0 aliphatic heterocycles. The first-order chi connectivity index (χ1) is 12.4. The van der Waals surface area contributed by atoms with Crippen LogP contribution in [0.15, 0.2) is 83.9 Å². The van der Waals surface area contributed by atoms with Crippen molar-refractivity contribution in [1.82, 2.24) is 0 Å². The van der Waals surface area contributed by atoms with Crippen LogP contribution in [-0.4, -0.2) is 13.0 Å². The Balaban J connectivity index is 0.000000152. The van der Waals surface area contributed by atoms with Crippen LogP contribution >= 0.6 is 0 Å². The Morgan fingerprint density at radius 1 is 0.808 bits per heavy atom. The minimum Gasteiger partial charge on any atom is -0.744 e. The Morgan fingerprint density at radius 2 is 1.42 bits per heavy atom. The summed E-state index contributed by atoms with van der Waals surface area (Å²) in [5, 5.41) is 2.54. The maximum Gasteiger partial charge on any atom is 0.215 e. The molecule has 4 aromatic rings. The molecule has 0 fully saturated rings. The minimum absolute atomic E-state index is 0.157.